The normalized spacial score (nSPS) is 14.2. The van der Waals surface area contributed by atoms with E-state index in [2.05, 4.69) is 49.2 Å². The molecule has 37 heavy (non-hydrogen) atoms. The summed E-state index contributed by atoms with van der Waals surface area (Å²) >= 11 is 3.53. The first kappa shape index (κ1) is 37.7. The van der Waals surface area contributed by atoms with Crippen LogP contribution in [0.4, 0.5) is 0 Å². The molecule has 0 aromatic heterocycles. The lowest BCUT2D eigenvalue weighted by atomic mass is 9.95. The van der Waals surface area contributed by atoms with Crippen molar-refractivity contribution in [2.24, 2.45) is 5.92 Å². The molecule has 0 rings (SSSR count). The number of hydrogen-bond acceptors (Lipinski definition) is 3. The van der Waals surface area contributed by atoms with Crippen molar-refractivity contribution in [1.29, 1.82) is 0 Å². The van der Waals surface area contributed by atoms with Gasteiger partial charge in [0.15, 0.2) is 6.29 Å². The van der Waals surface area contributed by atoms with Crippen molar-refractivity contribution in [1.82, 2.24) is 0 Å². The summed E-state index contributed by atoms with van der Waals surface area (Å²) in [6.45, 7) is 8.52. The molecule has 0 aliphatic heterocycles. The monoisotopic (exact) mass is 610 g/mol. The number of halogens is 1. The minimum atomic E-state index is -1.58. The first-order valence-corrected chi connectivity index (χ1v) is 19.6. The van der Waals surface area contributed by atoms with Gasteiger partial charge in [0.25, 0.3) is 0 Å². The highest BCUT2D eigenvalue weighted by molar-refractivity contribution is 9.09. The summed E-state index contributed by atoms with van der Waals surface area (Å²) in [6.07, 6.45) is 32.7. The molecular formula is C32H67BrO3S. The fourth-order valence-corrected chi connectivity index (χ4v) is 6.41. The minimum absolute atomic E-state index is 0.121. The molecule has 226 valence electrons. The van der Waals surface area contributed by atoms with E-state index in [1.807, 2.05) is 0 Å². The van der Waals surface area contributed by atoms with Crippen LogP contribution in [-0.2, 0) is 13.1 Å². The highest BCUT2D eigenvalue weighted by atomic mass is 79.9. The second kappa shape index (κ2) is 28.2. The zero-order valence-corrected chi connectivity index (χ0v) is 28.2. The van der Waals surface area contributed by atoms with E-state index >= 15 is 0 Å². The summed E-state index contributed by atoms with van der Waals surface area (Å²) < 4.78 is 19.4. The molecule has 2 atom stereocenters. The van der Waals surface area contributed by atoms with Crippen molar-refractivity contribution >= 4 is 26.5 Å². The predicted octanol–water partition coefficient (Wildman–Crippen LogP) is 11.9. The number of rotatable bonds is 30. The van der Waals surface area contributed by atoms with Crippen LogP contribution >= 0.6 is 26.5 Å². The van der Waals surface area contributed by atoms with Crippen LogP contribution in [0.1, 0.15) is 162 Å². The third-order valence-electron chi connectivity index (χ3n) is 7.23. The molecule has 0 bridgehead atoms. The van der Waals surface area contributed by atoms with Gasteiger partial charge in [0.05, 0.1) is 6.61 Å². The molecule has 0 aliphatic rings. The molecule has 0 fully saturated rings. The lowest BCUT2D eigenvalue weighted by molar-refractivity contribution is -0.0847. The second-order valence-electron chi connectivity index (χ2n) is 11.4. The van der Waals surface area contributed by atoms with Crippen molar-refractivity contribution < 1.29 is 13.1 Å². The number of unbranched alkanes of at least 4 members (excludes halogenated alkanes) is 15. The lowest BCUT2D eigenvalue weighted by Crippen LogP contribution is -2.23. The van der Waals surface area contributed by atoms with Crippen LogP contribution in [0, 0.1) is 5.92 Å². The fourth-order valence-electron chi connectivity index (χ4n) is 4.77. The largest absolute Gasteiger partial charge is 0.351 e. The van der Waals surface area contributed by atoms with E-state index in [-0.39, 0.29) is 6.29 Å². The number of ether oxygens (including phenoxy) is 1. The van der Waals surface area contributed by atoms with Crippen LogP contribution in [0.15, 0.2) is 0 Å². The van der Waals surface area contributed by atoms with Gasteiger partial charge < -0.3 is 4.74 Å². The van der Waals surface area contributed by atoms with E-state index < -0.39 is 10.6 Å². The smallest absolute Gasteiger partial charge is 0.180 e. The summed E-state index contributed by atoms with van der Waals surface area (Å²) in [5.41, 5.74) is 0. The van der Waals surface area contributed by atoms with Gasteiger partial charge in [-0.1, -0.05) is 139 Å². The van der Waals surface area contributed by atoms with Crippen LogP contribution in [0.5, 0.6) is 0 Å². The standard InChI is InChI=1S/C32H67BrO3S/c1-6-9-12-15-17-21-26-31(25-20-14-11-8-3)30-35-37(4,5)36-32(27-22-16-13-10-7-2)34-29-24-19-18-23-28-33/h31-32H,6-30H2,1-5H3. The molecule has 0 N–H and O–H groups in total. The summed E-state index contributed by atoms with van der Waals surface area (Å²) in [5, 5.41) is 1.10. The van der Waals surface area contributed by atoms with Gasteiger partial charge in [0, 0.05) is 30.9 Å². The maximum atomic E-state index is 6.57. The first-order chi connectivity index (χ1) is 18.0. The third kappa shape index (κ3) is 26.7. The minimum Gasteiger partial charge on any atom is -0.351 e. The van der Waals surface area contributed by atoms with Gasteiger partial charge in [-0.15, -0.1) is 0 Å². The molecule has 0 saturated heterocycles. The highest BCUT2D eigenvalue weighted by Gasteiger charge is 2.20. The average molecular weight is 612 g/mol. The van der Waals surface area contributed by atoms with E-state index in [1.165, 1.54) is 128 Å². The topological polar surface area (TPSA) is 27.7 Å². The third-order valence-corrected chi connectivity index (χ3v) is 9.18. The van der Waals surface area contributed by atoms with Gasteiger partial charge in [-0.25, -0.2) is 0 Å². The molecular weight excluding hydrogens is 544 g/mol. The van der Waals surface area contributed by atoms with E-state index in [0.29, 0.717) is 5.92 Å². The van der Waals surface area contributed by atoms with Crippen molar-refractivity contribution in [2.45, 2.75) is 168 Å². The van der Waals surface area contributed by atoms with Crippen molar-refractivity contribution in [2.75, 3.05) is 31.1 Å². The Morgan fingerprint density at radius 3 is 1.59 bits per heavy atom. The van der Waals surface area contributed by atoms with E-state index in [0.717, 1.165) is 31.4 Å². The maximum Gasteiger partial charge on any atom is 0.180 e. The van der Waals surface area contributed by atoms with Crippen LogP contribution in [0.25, 0.3) is 0 Å². The van der Waals surface area contributed by atoms with Crippen LogP contribution < -0.4 is 0 Å². The van der Waals surface area contributed by atoms with Gasteiger partial charge in [-0.2, -0.15) is 10.6 Å². The van der Waals surface area contributed by atoms with Crippen molar-refractivity contribution in [3.63, 3.8) is 0 Å². The first-order valence-electron chi connectivity index (χ1n) is 16.2. The molecule has 0 aliphatic carbocycles. The van der Waals surface area contributed by atoms with Crippen LogP contribution in [0.2, 0.25) is 0 Å². The lowest BCUT2D eigenvalue weighted by Gasteiger charge is -2.39. The molecule has 0 radical (unpaired) electrons. The maximum absolute atomic E-state index is 6.57. The van der Waals surface area contributed by atoms with Crippen LogP contribution in [-0.4, -0.2) is 37.3 Å². The molecule has 0 amide bonds. The Kier molecular flexibility index (Phi) is 28.8. The Balaban J connectivity index is 4.68. The highest BCUT2D eigenvalue weighted by Crippen LogP contribution is 2.45. The van der Waals surface area contributed by atoms with Gasteiger partial charge in [-0.3, -0.25) is 8.37 Å². The second-order valence-corrected chi connectivity index (χ2v) is 14.9. The van der Waals surface area contributed by atoms with Gasteiger partial charge in [0.2, 0.25) is 0 Å². The molecule has 5 heteroatoms. The number of hydrogen-bond donors (Lipinski definition) is 0. The molecule has 2 unspecified atom stereocenters. The van der Waals surface area contributed by atoms with Gasteiger partial charge in [0.1, 0.15) is 0 Å². The van der Waals surface area contributed by atoms with E-state index in [1.54, 1.807) is 0 Å². The summed E-state index contributed by atoms with van der Waals surface area (Å²) in [7, 11) is -1.58. The quantitative estimate of drug-likeness (QED) is 0.0459. The van der Waals surface area contributed by atoms with Crippen molar-refractivity contribution in [3.8, 4) is 0 Å². The Hall–Kier alpha value is 0.710. The predicted molar refractivity (Wildman–Crippen MR) is 172 cm³/mol. The summed E-state index contributed by atoms with van der Waals surface area (Å²) in [5.74, 6) is 0.668. The Morgan fingerprint density at radius 2 is 1.03 bits per heavy atom. The Morgan fingerprint density at radius 1 is 0.568 bits per heavy atom. The Labute approximate surface area is 244 Å². The van der Waals surface area contributed by atoms with Gasteiger partial charge >= 0.3 is 0 Å². The zero-order valence-electron chi connectivity index (χ0n) is 25.8. The molecule has 0 spiro atoms. The summed E-state index contributed by atoms with van der Waals surface area (Å²) in [6, 6.07) is 0. The zero-order chi connectivity index (χ0) is 27.5. The van der Waals surface area contributed by atoms with Gasteiger partial charge in [-0.05, 0) is 38.0 Å². The Bertz CT molecular complexity index is 450. The molecule has 0 heterocycles. The van der Waals surface area contributed by atoms with E-state index in [4.69, 9.17) is 13.1 Å². The molecule has 0 aromatic carbocycles. The molecule has 3 nitrogen and oxygen atoms in total. The SMILES string of the molecule is CCCCCCCCC(CCCCCC)COS(C)(C)OC(CCCCCCC)OCCCCCCBr. The average Bonchev–Trinajstić information content (AvgIpc) is 2.88. The fraction of sp³-hybridized carbons (Fsp3) is 1.00. The number of alkyl halides is 1. The van der Waals surface area contributed by atoms with E-state index in [9.17, 15) is 0 Å². The van der Waals surface area contributed by atoms with Crippen molar-refractivity contribution in [3.05, 3.63) is 0 Å². The molecule has 0 aromatic rings. The molecule has 0 saturated carbocycles. The van der Waals surface area contributed by atoms with Crippen LogP contribution in [0.3, 0.4) is 0 Å². The summed E-state index contributed by atoms with van der Waals surface area (Å²) in [4.78, 5) is 0.